The average Bonchev–Trinajstić information content (AvgIpc) is 2.65. The van der Waals surface area contributed by atoms with E-state index >= 15 is 0 Å². The van der Waals surface area contributed by atoms with Gasteiger partial charge in [-0.05, 0) is 59.4 Å². The Morgan fingerprint density at radius 2 is 1.30 bits per heavy atom. The second kappa shape index (κ2) is 9.03. The third kappa shape index (κ3) is 4.97. The van der Waals surface area contributed by atoms with Crippen LogP contribution >= 0.6 is 0 Å². The van der Waals surface area contributed by atoms with E-state index in [-0.39, 0.29) is 11.7 Å². The van der Waals surface area contributed by atoms with Crippen LogP contribution in [0.5, 0.6) is 5.75 Å². The molecule has 0 atom stereocenters. The molecule has 0 bridgehead atoms. The Morgan fingerprint density at radius 1 is 0.852 bits per heavy atom. The molecule has 142 valence electrons. The van der Waals surface area contributed by atoms with Crippen LogP contribution in [0.25, 0.3) is 11.1 Å². The first-order chi connectivity index (χ1) is 12.9. The summed E-state index contributed by atoms with van der Waals surface area (Å²) in [6.45, 7) is 6.80. The van der Waals surface area contributed by atoms with Crippen LogP contribution in [0.3, 0.4) is 0 Å². The highest BCUT2D eigenvalue weighted by Crippen LogP contribution is 2.33. The van der Waals surface area contributed by atoms with Gasteiger partial charge in [0.1, 0.15) is 5.75 Å². The van der Waals surface area contributed by atoms with Crippen LogP contribution in [0.15, 0.2) is 48.5 Å². The van der Waals surface area contributed by atoms with E-state index in [9.17, 15) is 14.7 Å². The van der Waals surface area contributed by atoms with Crippen molar-refractivity contribution >= 4 is 28.7 Å². The molecule has 0 fully saturated rings. The molecule has 0 radical (unpaired) electrons. The molecule has 2 rings (SSSR count). The van der Waals surface area contributed by atoms with Crippen molar-refractivity contribution in [3.05, 3.63) is 59.7 Å². The van der Waals surface area contributed by atoms with Crippen LogP contribution in [0.1, 0.15) is 51.7 Å². The number of anilines is 1. The lowest BCUT2D eigenvalue weighted by molar-refractivity contribution is -0.147. The lowest BCUT2D eigenvalue weighted by atomic mass is 9.91. The van der Waals surface area contributed by atoms with Gasteiger partial charge in [0.15, 0.2) is 0 Å². The predicted molar refractivity (Wildman–Crippen MR) is 107 cm³/mol. The van der Waals surface area contributed by atoms with Gasteiger partial charge in [-0.1, -0.05) is 38.1 Å². The molecule has 0 aliphatic heterocycles. The van der Waals surface area contributed by atoms with Crippen LogP contribution in [0, 0.1) is 0 Å². The van der Waals surface area contributed by atoms with E-state index in [1.807, 2.05) is 24.3 Å². The van der Waals surface area contributed by atoms with E-state index in [1.54, 1.807) is 24.3 Å². The number of hydrogen-bond donors (Lipinski definition) is 1. The Balaban J connectivity index is 2.43. The molecule has 5 heteroatoms. The molecule has 0 unspecified atom stereocenters. The van der Waals surface area contributed by atoms with Gasteiger partial charge in [-0.15, -0.1) is 5.06 Å². The first-order valence-electron chi connectivity index (χ1n) is 8.98. The Hall–Kier alpha value is -3.08. The van der Waals surface area contributed by atoms with Crippen molar-refractivity contribution in [2.75, 3.05) is 5.06 Å². The smallest absolute Gasteiger partial charge is 0.330 e. The number of phenolic OH excluding ortho intramolecular Hbond substituents is 1. The Bertz CT molecular complexity index is 836. The summed E-state index contributed by atoms with van der Waals surface area (Å²) >= 11 is 0. The zero-order valence-electron chi connectivity index (χ0n) is 16.2. The zero-order valence-corrected chi connectivity index (χ0v) is 16.2. The van der Waals surface area contributed by atoms with Crippen LogP contribution in [-0.4, -0.2) is 17.0 Å². The van der Waals surface area contributed by atoms with Gasteiger partial charge in [0, 0.05) is 13.8 Å². The molecule has 2 aromatic carbocycles. The number of nitrogens with zero attached hydrogens (tertiary/aromatic N) is 1. The van der Waals surface area contributed by atoms with E-state index in [2.05, 4.69) is 13.8 Å². The van der Waals surface area contributed by atoms with E-state index in [4.69, 9.17) is 4.84 Å². The molecular formula is C22H25NO4. The molecule has 0 aromatic heterocycles. The molecule has 0 saturated carbocycles. The molecule has 0 saturated heterocycles. The van der Waals surface area contributed by atoms with Gasteiger partial charge in [-0.2, -0.15) is 0 Å². The summed E-state index contributed by atoms with van der Waals surface area (Å²) in [5, 5.41) is 10.5. The average molecular weight is 367 g/mol. The minimum Gasteiger partial charge on any atom is -0.508 e. The molecule has 0 spiro atoms. The Kier molecular flexibility index (Phi) is 6.77. The van der Waals surface area contributed by atoms with Crippen LogP contribution < -0.4 is 5.06 Å². The number of aromatic hydroxyl groups is 1. The Labute approximate surface area is 159 Å². The monoisotopic (exact) mass is 367 g/mol. The fourth-order valence-corrected chi connectivity index (χ4v) is 3.07. The lowest BCUT2D eigenvalue weighted by Gasteiger charge is -2.20. The van der Waals surface area contributed by atoms with Crippen LogP contribution in [-0.2, 0) is 14.4 Å². The summed E-state index contributed by atoms with van der Waals surface area (Å²) < 4.78 is 0. The van der Waals surface area contributed by atoms with Gasteiger partial charge in [-0.3, -0.25) is 4.79 Å². The van der Waals surface area contributed by atoms with Crippen molar-refractivity contribution in [1.82, 2.24) is 0 Å². The summed E-state index contributed by atoms with van der Waals surface area (Å²) in [4.78, 5) is 27.9. The van der Waals surface area contributed by atoms with Gasteiger partial charge in [0.2, 0.25) is 0 Å². The van der Waals surface area contributed by atoms with Crippen LogP contribution in [0.2, 0.25) is 0 Å². The minimum absolute atomic E-state index is 0.242. The van der Waals surface area contributed by atoms with E-state index in [0.29, 0.717) is 5.69 Å². The number of hydrogen-bond acceptors (Lipinski definition) is 4. The third-order valence-corrected chi connectivity index (χ3v) is 4.24. The summed E-state index contributed by atoms with van der Waals surface area (Å²) in [5.74, 6) is -0.682. The molecule has 2 aromatic rings. The predicted octanol–water partition coefficient (Wildman–Crippen LogP) is 4.95. The van der Waals surface area contributed by atoms with Gasteiger partial charge in [-0.25, -0.2) is 4.79 Å². The van der Waals surface area contributed by atoms with Crippen molar-refractivity contribution in [2.45, 2.75) is 40.5 Å². The summed E-state index contributed by atoms with van der Waals surface area (Å²) in [6.07, 6.45) is 1.69. The number of carbonyl (C=O) groups is 2. The first-order valence-corrected chi connectivity index (χ1v) is 8.98. The highest BCUT2D eigenvalue weighted by Gasteiger charge is 2.16. The zero-order chi connectivity index (χ0) is 20.0. The number of allylic oxidation sites excluding steroid dienone is 2. The standard InChI is InChI=1S/C22H25NO4/c1-5-21(22(6-2)18-9-13-20(26)14-10-18)17-7-11-19(12-8-17)23(15(3)24)27-16(4)25/h7-14,26H,5-6H2,1-4H3/b22-21+. The molecule has 0 heterocycles. The van der Waals surface area contributed by atoms with Crippen molar-refractivity contribution in [2.24, 2.45) is 0 Å². The molecular weight excluding hydrogens is 342 g/mol. The normalized spacial score (nSPS) is 11.6. The van der Waals surface area contributed by atoms with Crippen molar-refractivity contribution in [3.8, 4) is 5.75 Å². The van der Waals surface area contributed by atoms with Gasteiger partial charge >= 0.3 is 5.97 Å². The summed E-state index contributed by atoms with van der Waals surface area (Å²) in [6, 6.07) is 14.6. The minimum atomic E-state index is -0.552. The fraction of sp³-hybridized carbons (Fsp3) is 0.273. The van der Waals surface area contributed by atoms with Crippen molar-refractivity contribution in [1.29, 1.82) is 0 Å². The number of rotatable bonds is 5. The second-order valence-corrected chi connectivity index (χ2v) is 6.15. The summed E-state index contributed by atoms with van der Waals surface area (Å²) in [5.41, 5.74) is 5.00. The molecule has 1 N–H and O–H groups in total. The third-order valence-electron chi connectivity index (χ3n) is 4.24. The number of hydroxylamine groups is 1. The largest absolute Gasteiger partial charge is 0.508 e. The molecule has 27 heavy (non-hydrogen) atoms. The van der Waals surface area contributed by atoms with Crippen molar-refractivity contribution < 1.29 is 19.5 Å². The summed E-state index contributed by atoms with van der Waals surface area (Å²) in [7, 11) is 0. The maximum absolute atomic E-state index is 11.7. The lowest BCUT2D eigenvalue weighted by Crippen LogP contribution is -2.30. The van der Waals surface area contributed by atoms with Crippen molar-refractivity contribution in [3.63, 3.8) is 0 Å². The van der Waals surface area contributed by atoms with Crippen LogP contribution in [0.4, 0.5) is 5.69 Å². The Morgan fingerprint density at radius 3 is 1.67 bits per heavy atom. The molecule has 5 nitrogen and oxygen atoms in total. The van der Waals surface area contributed by atoms with E-state index in [1.165, 1.54) is 25.0 Å². The molecule has 1 amide bonds. The number of carbonyl (C=O) groups excluding carboxylic acids is 2. The number of phenols is 1. The SMILES string of the molecule is CC/C(=C(/CC)c1ccc(N(OC(C)=O)C(C)=O)cc1)c1ccc(O)cc1. The topological polar surface area (TPSA) is 66.8 Å². The quantitative estimate of drug-likeness (QED) is 0.599. The fourth-order valence-electron chi connectivity index (χ4n) is 3.07. The highest BCUT2D eigenvalue weighted by atomic mass is 16.7. The first kappa shape index (κ1) is 20.2. The maximum Gasteiger partial charge on any atom is 0.330 e. The number of benzene rings is 2. The number of amides is 1. The van der Waals surface area contributed by atoms with Gasteiger partial charge in [0.05, 0.1) is 5.69 Å². The van der Waals surface area contributed by atoms with E-state index in [0.717, 1.165) is 29.0 Å². The second-order valence-electron chi connectivity index (χ2n) is 6.15. The van der Waals surface area contributed by atoms with Gasteiger partial charge in [0.25, 0.3) is 5.91 Å². The van der Waals surface area contributed by atoms with Gasteiger partial charge < -0.3 is 9.94 Å². The molecule has 0 aliphatic rings. The maximum atomic E-state index is 11.7. The van der Waals surface area contributed by atoms with E-state index < -0.39 is 5.97 Å². The highest BCUT2D eigenvalue weighted by molar-refractivity contribution is 5.93. The molecule has 0 aliphatic carbocycles.